The first kappa shape index (κ1) is 11.1. The van der Waals surface area contributed by atoms with Crippen LogP contribution in [-0.4, -0.2) is 15.7 Å². The molecule has 0 saturated carbocycles. The third kappa shape index (κ3) is 2.41. The van der Waals surface area contributed by atoms with Crippen molar-refractivity contribution < 1.29 is 14.3 Å². The van der Waals surface area contributed by atoms with Gasteiger partial charge in [-0.3, -0.25) is 9.89 Å². The van der Waals surface area contributed by atoms with Crippen molar-refractivity contribution in [3.8, 4) is 5.69 Å². The van der Waals surface area contributed by atoms with Crippen LogP contribution >= 0.6 is 0 Å². The number of H-pyrrole nitrogens is 1. The van der Waals surface area contributed by atoms with Crippen molar-refractivity contribution in [1.82, 2.24) is 9.78 Å². The Morgan fingerprint density at radius 1 is 1.35 bits per heavy atom. The smallest absolute Gasteiger partial charge is 0.271 e. The predicted molar refractivity (Wildman–Crippen MR) is 55.1 cm³/mol. The second kappa shape index (κ2) is 4.25. The van der Waals surface area contributed by atoms with Crippen LogP contribution in [0.1, 0.15) is 5.69 Å². The molecule has 2 aromatic rings. The first-order valence-corrected chi connectivity index (χ1v) is 4.83. The summed E-state index contributed by atoms with van der Waals surface area (Å²) in [7, 11) is 0. The number of aromatic amines is 1. The molecule has 6 heteroatoms. The zero-order valence-electron chi connectivity index (χ0n) is 8.64. The highest BCUT2D eigenvalue weighted by Crippen LogP contribution is 2.06. The second-order valence-corrected chi connectivity index (χ2v) is 3.48. The van der Waals surface area contributed by atoms with Gasteiger partial charge in [0.2, 0.25) is 0 Å². The molecule has 0 aliphatic heterocycles. The first-order chi connectivity index (χ1) is 8.06. The number of halogens is 1. The van der Waals surface area contributed by atoms with Gasteiger partial charge in [0, 0.05) is 24.2 Å². The van der Waals surface area contributed by atoms with E-state index in [0.717, 1.165) is 4.68 Å². The van der Waals surface area contributed by atoms with Crippen molar-refractivity contribution in [2.75, 3.05) is 0 Å². The van der Waals surface area contributed by atoms with Crippen molar-refractivity contribution in [2.24, 2.45) is 0 Å². The van der Waals surface area contributed by atoms with E-state index in [1.807, 2.05) is 0 Å². The van der Waals surface area contributed by atoms with E-state index in [-0.39, 0.29) is 12.1 Å². The summed E-state index contributed by atoms with van der Waals surface area (Å²) in [5.41, 5.74) is 0.258. The van der Waals surface area contributed by atoms with Gasteiger partial charge in [0.25, 0.3) is 5.56 Å². The molecule has 0 atom stereocenters. The van der Waals surface area contributed by atoms with Crippen molar-refractivity contribution in [3.63, 3.8) is 0 Å². The van der Waals surface area contributed by atoms with Crippen molar-refractivity contribution >= 4 is 5.97 Å². The molecule has 0 saturated heterocycles. The summed E-state index contributed by atoms with van der Waals surface area (Å²) in [6, 6.07) is 6.41. The van der Waals surface area contributed by atoms with Crippen molar-refractivity contribution in [1.29, 1.82) is 0 Å². The Balaban J connectivity index is 2.39. The van der Waals surface area contributed by atoms with Gasteiger partial charge in [0.1, 0.15) is 5.82 Å². The van der Waals surface area contributed by atoms with Crippen LogP contribution in [-0.2, 0) is 11.2 Å². The third-order valence-electron chi connectivity index (χ3n) is 2.19. The lowest BCUT2D eigenvalue weighted by Gasteiger charge is -2.02. The summed E-state index contributed by atoms with van der Waals surface area (Å²) in [6.07, 6.45) is -0.372. The van der Waals surface area contributed by atoms with E-state index in [1.165, 1.54) is 30.3 Å². The Kier molecular flexibility index (Phi) is 2.78. The minimum Gasteiger partial charge on any atom is -0.550 e. The van der Waals surface area contributed by atoms with Crippen LogP contribution in [0.25, 0.3) is 5.69 Å². The number of carbonyl (C=O) groups excluding carboxylic acids is 1. The summed E-state index contributed by atoms with van der Waals surface area (Å²) in [5.74, 6) is -1.69. The minimum atomic E-state index is -1.28. The average molecular weight is 235 g/mol. The summed E-state index contributed by atoms with van der Waals surface area (Å²) in [4.78, 5) is 21.9. The van der Waals surface area contributed by atoms with Gasteiger partial charge in [-0.05, 0) is 24.3 Å². The number of hydrogen-bond donors (Lipinski definition) is 1. The maximum atomic E-state index is 12.7. The lowest BCUT2D eigenvalue weighted by molar-refractivity contribution is -0.304. The van der Waals surface area contributed by atoms with E-state index >= 15 is 0 Å². The van der Waals surface area contributed by atoms with Gasteiger partial charge in [-0.25, -0.2) is 9.07 Å². The molecular formula is C11H8FN2O3-. The van der Waals surface area contributed by atoms with Gasteiger partial charge in [-0.1, -0.05) is 0 Å². The van der Waals surface area contributed by atoms with Gasteiger partial charge in [0.15, 0.2) is 0 Å². The fourth-order valence-corrected chi connectivity index (χ4v) is 1.47. The highest BCUT2D eigenvalue weighted by atomic mass is 19.1. The monoisotopic (exact) mass is 235 g/mol. The van der Waals surface area contributed by atoms with E-state index in [1.54, 1.807) is 0 Å². The minimum absolute atomic E-state index is 0.235. The highest BCUT2D eigenvalue weighted by Gasteiger charge is 2.05. The Labute approximate surface area is 95.1 Å². The van der Waals surface area contributed by atoms with Crippen LogP contribution in [0.2, 0.25) is 0 Å². The number of hydrogen-bond acceptors (Lipinski definition) is 3. The van der Waals surface area contributed by atoms with E-state index in [9.17, 15) is 19.1 Å². The zero-order chi connectivity index (χ0) is 12.4. The molecule has 0 spiro atoms. The second-order valence-electron chi connectivity index (χ2n) is 3.48. The molecule has 0 aliphatic carbocycles. The lowest BCUT2D eigenvalue weighted by Crippen LogP contribution is -2.24. The van der Waals surface area contributed by atoms with Gasteiger partial charge in [0.05, 0.1) is 5.69 Å². The SMILES string of the molecule is O=C([O-])Cc1cc(=O)n(-c2ccc(F)cc2)[nH]1. The number of nitrogens with zero attached hydrogens (tertiary/aromatic N) is 1. The molecule has 2 rings (SSSR count). The number of rotatable bonds is 3. The Bertz CT molecular complexity index is 598. The summed E-state index contributed by atoms with van der Waals surface area (Å²) in [6.45, 7) is 0. The number of benzene rings is 1. The molecule has 88 valence electrons. The number of carboxylic acids is 1. The van der Waals surface area contributed by atoms with E-state index in [2.05, 4.69) is 5.10 Å². The van der Waals surface area contributed by atoms with Crippen molar-refractivity contribution in [2.45, 2.75) is 6.42 Å². The molecular weight excluding hydrogens is 227 g/mol. The topological polar surface area (TPSA) is 77.9 Å². The molecule has 17 heavy (non-hydrogen) atoms. The predicted octanol–water partition coefficient (Wildman–Crippen LogP) is -0.403. The standard InChI is InChI=1S/C11H9FN2O3/c12-7-1-3-9(4-2-7)14-10(15)5-8(13-14)6-11(16)17/h1-5,13H,6H2,(H,16,17)/p-1. The number of aliphatic carboxylic acids is 1. The van der Waals surface area contributed by atoms with Gasteiger partial charge in [-0.2, -0.15) is 0 Å². The largest absolute Gasteiger partial charge is 0.550 e. The number of carbonyl (C=O) groups is 1. The Morgan fingerprint density at radius 2 is 2.00 bits per heavy atom. The fraction of sp³-hybridized carbons (Fsp3) is 0.0909. The van der Waals surface area contributed by atoms with E-state index < -0.39 is 17.3 Å². The lowest BCUT2D eigenvalue weighted by atomic mass is 10.3. The maximum Gasteiger partial charge on any atom is 0.271 e. The normalized spacial score (nSPS) is 10.4. The van der Waals surface area contributed by atoms with E-state index in [0.29, 0.717) is 5.69 Å². The molecule has 0 fully saturated rings. The maximum absolute atomic E-state index is 12.7. The molecule has 5 nitrogen and oxygen atoms in total. The van der Waals surface area contributed by atoms with Crippen molar-refractivity contribution in [3.05, 3.63) is 52.2 Å². The molecule has 1 aromatic heterocycles. The molecule has 1 heterocycles. The van der Waals surface area contributed by atoms with Crippen LogP contribution in [0.5, 0.6) is 0 Å². The van der Waals surface area contributed by atoms with Crippen LogP contribution in [0.4, 0.5) is 4.39 Å². The number of carboxylic acid groups (broad SMARTS) is 1. The zero-order valence-corrected chi connectivity index (χ0v) is 8.64. The quantitative estimate of drug-likeness (QED) is 0.786. The summed E-state index contributed by atoms with van der Waals surface area (Å²) >= 11 is 0. The molecule has 0 amide bonds. The fourth-order valence-electron chi connectivity index (χ4n) is 1.47. The number of aromatic nitrogens is 2. The van der Waals surface area contributed by atoms with Gasteiger partial charge >= 0.3 is 0 Å². The van der Waals surface area contributed by atoms with Crippen LogP contribution in [0, 0.1) is 5.82 Å². The van der Waals surface area contributed by atoms with Crippen LogP contribution in [0.15, 0.2) is 35.1 Å². The number of nitrogens with one attached hydrogen (secondary N) is 1. The first-order valence-electron chi connectivity index (χ1n) is 4.83. The van der Waals surface area contributed by atoms with Gasteiger partial charge < -0.3 is 9.90 Å². The molecule has 0 unspecified atom stereocenters. The summed E-state index contributed by atoms with van der Waals surface area (Å²) in [5, 5.41) is 13.0. The molecule has 1 N–H and O–H groups in total. The van der Waals surface area contributed by atoms with E-state index in [4.69, 9.17) is 0 Å². The third-order valence-corrected chi connectivity index (χ3v) is 2.19. The Hall–Kier alpha value is -2.37. The molecule has 0 bridgehead atoms. The average Bonchev–Trinajstić information content (AvgIpc) is 2.59. The van der Waals surface area contributed by atoms with Crippen LogP contribution in [0.3, 0.4) is 0 Å². The molecule has 0 aliphatic rings. The van der Waals surface area contributed by atoms with Crippen LogP contribution < -0.4 is 10.7 Å². The molecule has 0 radical (unpaired) electrons. The molecule has 1 aromatic carbocycles. The summed E-state index contributed by atoms with van der Waals surface area (Å²) < 4.78 is 13.8. The van der Waals surface area contributed by atoms with Gasteiger partial charge in [-0.15, -0.1) is 0 Å². The highest BCUT2D eigenvalue weighted by molar-refractivity contribution is 5.67. The Morgan fingerprint density at radius 3 is 2.59 bits per heavy atom.